The molecule has 0 bridgehead atoms. The first-order valence-electron chi connectivity index (χ1n) is 8.42. The quantitative estimate of drug-likeness (QED) is 0.690. The summed E-state index contributed by atoms with van der Waals surface area (Å²) >= 11 is 0. The average molecular weight is 360 g/mol. The van der Waals surface area contributed by atoms with Gasteiger partial charge in [0.25, 0.3) is 0 Å². The number of rotatable bonds is 9. The van der Waals surface area contributed by atoms with Crippen LogP contribution in [0, 0.1) is 5.82 Å². The number of halogens is 1. The van der Waals surface area contributed by atoms with E-state index in [0.29, 0.717) is 19.7 Å². The normalized spacial score (nSPS) is 10.7. The molecule has 6 heteroatoms. The molecule has 1 amide bonds. The van der Waals surface area contributed by atoms with Crippen LogP contribution in [-0.2, 0) is 11.3 Å². The van der Waals surface area contributed by atoms with E-state index in [1.165, 1.54) is 6.07 Å². The highest BCUT2D eigenvalue weighted by Gasteiger charge is 2.13. The lowest BCUT2D eigenvalue weighted by Crippen LogP contribution is -2.37. The van der Waals surface area contributed by atoms with Crippen LogP contribution in [0.3, 0.4) is 0 Å². The number of benzene rings is 2. The van der Waals surface area contributed by atoms with Crippen molar-refractivity contribution < 1.29 is 18.7 Å². The molecule has 26 heavy (non-hydrogen) atoms. The molecule has 0 fully saturated rings. The molecular formula is C20H25FN2O3. The number of hydrogen-bond donors (Lipinski definition) is 0. The van der Waals surface area contributed by atoms with E-state index in [2.05, 4.69) is 0 Å². The van der Waals surface area contributed by atoms with Crippen LogP contribution in [0.1, 0.15) is 5.56 Å². The zero-order valence-electron chi connectivity index (χ0n) is 15.4. The molecule has 0 spiro atoms. The van der Waals surface area contributed by atoms with Crippen LogP contribution in [0.2, 0.25) is 0 Å². The third kappa shape index (κ3) is 6.04. The molecule has 0 saturated carbocycles. The van der Waals surface area contributed by atoms with E-state index in [9.17, 15) is 9.18 Å². The lowest BCUT2D eigenvalue weighted by Gasteiger charge is -2.22. The molecule has 0 saturated heterocycles. The smallest absolute Gasteiger partial charge is 0.236 e. The number of likely N-dealkylation sites (N-methyl/N-ethyl adjacent to an activating group) is 2. The van der Waals surface area contributed by atoms with Gasteiger partial charge < -0.3 is 14.4 Å². The highest BCUT2D eigenvalue weighted by Crippen LogP contribution is 2.15. The number of carbonyl (C=O) groups is 1. The minimum Gasteiger partial charge on any atom is -0.497 e. The fourth-order valence-electron chi connectivity index (χ4n) is 2.44. The average Bonchev–Trinajstić information content (AvgIpc) is 2.63. The first-order chi connectivity index (χ1) is 12.5. The van der Waals surface area contributed by atoms with Crippen molar-refractivity contribution in [2.45, 2.75) is 6.54 Å². The third-order valence-corrected chi connectivity index (χ3v) is 3.95. The maximum atomic E-state index is 13.5. The standard InChI is InChI=1S/C20H25FN2O3/c1-22(11-12-26-19-10-5-4-9-18(19)21)15-20(24)23(2)14-16-7-6-8-17(13-16)25-3/h4-10,13H,11-12,14-15H2,1-3H3. The van der Waals surface area contributed by atoms with Gasteiger partial charge in [-0.1, -0.05) is 24.3 Å². The lowest BCUT2D eigenvalue weighted by molar-refractivity contribution is -0.131. The van der Waals surface area contributed by atoms with E-state index >= 15 is 0 Å². The maximum Gasteiger partial charge on any atom is 0.236 e. The number of amides is 1. The molecule has 0 heterocycles. The molecule has 2 aromatic rings. The van der Waals surface area contributed by atoms with Crippen LogP contribution in [0.4, 0.5) is 4.39 Å². The van der Waals surface area contributed by atoms with Crippen LogP contribution in [-0.4, -0.2) is 56.6 Å². The Hall–Kier alpha value is -2.60. The molecule has 0 N–H and O–H groups in total. The Kier molecular flexibility index (Phi) is 7.41. The maximum absolute atomic E-state index is 13.5. The van der Waals surface area contributed by atoms with Crippen molar-refractivity contribution in [1.29, 1.82) is 0 Å². The number of methoxy groups -OCH3 is 1. The number of nitrogens with zero attached hydrogens (tertiary/aromatic N) is 2. The second-order valence-corrected chi connectivity index (χ2v) is 6.12. The summed E-state index contributed by atoms with van der Waals surface area (Å²) in [4.78, 5) is 15.9. The summed E-state index contributed by atoms with van der Waals surface area (Å²) in [7, 11) is 5.22. The predicted molar refractivity (Wildman–Crippen MR) is 98.9 cm³/mol. The topological polar surface area (TPSA) is 42.0 Å². The van der Waals surface area contributed by atoms with Crippen LogP contribution >= 0.6 is 0 Å². The molecule has 0 aromatic heterocycles. The van der Waals surface area contributed by atoms with E-state index in [4.69, 9.17) is 9.47 Å². The van der Waals surface area contributed by atoms with Crippen LogP contribution in [0.15, 0.2) is 48.5 Å². The summed E-state index contributed by atoms with van der Waals surface area (Å²) in [5.74, 6) is 0.610. The van der Waals surface area contributed by atoms with Gasteiger partial charge in [-0.05, 0) is 36.9 Å². The van der Waals surface area contributed by atoms with Gasteiger partial charge in [-0.25, -0.2) is 4.39 Å². The third-order valence-electron chi connectivity index (χ3n) is 3.95. The molecule has 0 atom stereocenters. The van der Waals surface area contributed by atoms with E-state index in [1.807, 2.05) is 36.2 Å². The summed E-state index contributed by atoms with van der Waals surface area (Å²) in [6.07, 6.45) is 0. The second kappa shape index (κ2) is 9.77. The number of hydrogen-bond acceptors (Lipinski definition) is 4. The van der Waals surface area contributed by atoms with Gasteiger partial charge in [0.2, 0.25) is 5.91 Å². The molecule has 2 rings (SSSR count). The van der Waals surface area contributed by atoms with Gasteiger partial charge in [-0.2, -0.15) is 0 Å². The van der Waals surface area contributed by atoms with Gasteiger partial charge in [0.1, 0.15) is 12.4 Å². The molecule has 0 unspecified atom stereocenters. The summed E-state index contributed by atoms with van der Waals surface area (Å²) in [5.41, 5.74) is 1.01. The van der Waals surface area contributed by atoms with Crippen molar-refractivity contribution in [3.05, 3.63) is 59.9 Å². The zero-order chi connectivity index (χ0) is 18.9. The number of para-hydroxylation sites is 1. The van der Waals surface area contributed by atoms with Gasteiger partial charge in [-0.15, -0.1) is 0 Å². The van der Waals surface area contributed by atoms with Gasteiger partial charge in [0.05, 0.1) is 13.7 Å². The van der Waals surface area contributed by atoms with Gasteiger partial charge in [0.15, 0.2) is 11.6 Å². The largest absolute Gasteiger partial charge is 0.497 e. The van der Waals surface area contributed by atoms with Crippen molar-refractivity contribution in [2.75, 3.05) is 40.9 Å². The first kappa shape index (κ1) is 19.7. The van der Waals surface area contributed by atoms with Crippen molar-refractivity contribution in [3.8, 4) is 11.5 Å². The van der Waals surface area contributed by atoms with Crippen molar-refractivity contribution in [1.82, 2.24) is 9.80 Å². The van der Waals surface area contributed by atoms with E-state index in [-0.39, 0.29) is 24.0 Å². The Morgan fingerprint density at radius 1 is 1.12 bits per heavy atom. The highest BCUT2D eigenvalue weighted by molar-refractivity contribution is 5.77. The molecule has 0 aliphatic carbocycles. The van der Waals surface area contributed by atoms with Crippen molar-refractivity contribution in [3.63, 3.8) is 0 Å². The summed E-state index contributed by atoms with van der Waals surface area (Å²) in [6.45, 7) is 1.61. The second-order valence-electron chi connectivity index (χ2n) is 6.12. The van der Waals surface area contributed by atoms with Crippen LogP contribution in [0.25, 0.3) is 0 Å². The van der Waals surface area contributed by atoms with Gasteiger partial charge >= 0.3 is 0 Å². The first-order valence-corrected chi connectivity index (χ1v) is 8.42. The molecular weight excluding hydrogens is 335 g/mol. The minimum atomic E-state index is -0.385. The lowest BCUT2D eigenvalue weighted by atomic mass is 10.2. The Bertz CT molecular complexity index is 724. The van der Waals surface area contributed by atoms with E-state index in [0.717, 1.165) is 11.3 Å². The molecule has 5 nitrogen and oxygen atoms in total. The fourth-order valence-corrected chi connectivity index (χ4v) is 2.44. The Morgan fingerprint density at radius 2 is 1.88 bits per heavy atom. The molecule has 140 valence electrons. The van der Waals surface area contributed by atoms with Crippen molar-refractivity contribution >= 4 is 5.91 Å². The number of carbonyl (C=O) groups excluding carboxylic acids is 1. The Labute approximate surface area is 153 Å². The van der Waals surface area contributed by atoms with Crippen LogP contribution in [0.5, 0.6) is 11.5 Å². The Balaban J connectivity index is 1.76. The van der Waals surface area contributed by atoms with Gasteiger partial charge in [-0.3, -0.25) is 9.69 Å². The molecule has 0 radical (unpaired) electrons. The monoisotopic (exact) mass is 360 g/mol. The fraction of sp³-hybridized carbons (Fsp3) is 0.350. The van der Waals surface area contributed by atoms with Gasteiger partial charge in [0, 0.05) is 20.1 Å². The molecule has 0 aliphatic rings. The van der Waals surface area contributed by atoms with E-state index in [1.54, 1.807) is 37.3 Å². The number of ether oxygens (including phenoxy) is 2. The SMILES string of the molecule is COc1cccc(CN(C)C(=O)CN(C)CCOc2ccccc2F)c1. The summed E-state index contributed by atoms with van der Waals surface area (Å²) in [5, 5.41) is 0. The van der Waals surface area contributed by atoms with Crippen molar-refractivity contribution in [2.24, 2.45) is 0 Å². The highest BCUT2D eigenvalue weighted by atomic mass is 19.1. The zero-order valence-corrected chi connectivity index (χ0v) is 15.4. The van der Waals surface area contributed by atoms with E-state index < -0.39 is 0 Å². The summed E-state index contributed by atoms with van der Waals surface area (Å²) in [6, 6.07) is 13.9. The minimum absolute atomic E-state index is 0.00112. The summed E-state index contributed by atoms with van der Waals surface area (Å²) < 4.78 is 24.1. The molecule has 0 aliphatic heterocycles. The predicted octanol–water partition coefficient (Wildman–Crippen LogP) is 2.80. The molecule has 2 aromatic carbocycles. The van der Waals surface area contributed by atoms with Crippen LogP contribution < -0.4 is 9.47 Å². The Morgan fingerprint density at radius 3 is 2.62 bits per heavy atom.